The number of carbonyl (C=O) groups excluding carboxylic acids is 2. The Bertz CT molecular complexity index is 618. The quantitative estimate of drug-likeness (QED) is 0.634. The minimum Gasteiger partial charge on any atom is -0.273 e. The van der Waals surface area contributed by atoms with E-state index in [0.29, 0.717) is 5.71 Å². The summed E-state index contributed by atoms with van der Waals surface area (Å²) in [5.74, 6) is -0.489. The number of allylic oxidation sites excluding steroid dienone is 1. The third-order valence-corrected chi connectivity index (χ3v) is 2.72. The van der Waals surface area contributed by atoms with E-state index in [1.165, 1.54) is 0 Å². The Balaban J connectivity index is 1.80. The summed E-state index contributed by atoms with van der Waals surface area (Å²) in [6.45, 7) is 1.90. The number of nitrogens with one attached hydrogen (secondary N) is 2. The molecule has 1 aliphatic rings. The number of hydrazone groups is 2. The maximum Gasteiger partial charge on any atom is 0.245 e. The summed E-state index contributed by atoms with van der Waals surface area (Å²) in [6.07, 6.45) is 3.77. The Morgan fingerprint density at radius 1 is 1.43 bits per heavy atom. The molecule has 0 saturated carbocycles. The molecule has 21 heavy (non-hydrogen) atoms. The molecule has 6 heteroatoms. The van der Waals surface area contributed by atoms with Gasteiger partial charge in [0.15, 0.2) is 0 Å². The highest BCUT2D eigenvalue weighted by molar-refractivity contribution is 6.11. The van der Waals surface area contributed by atoms with Crippen LogP contribution in [0.5, 0.6) is 0 Å². The number of carbonyl (C=O) groups is 2. The van der Waals surface area contributed by atoms with Crippen molar-refractivity contribution in [2.45, 2.75) is 19.8 Å². The van der Waals surface area contributed by atoms with Gasteiger partial charge < -0.3 is 0 Å². The van der Waals surface area contributed by atoms with E-state index in [1.807, 2.05) is 43.3 Å². The Kier molecular flexibility index (Phi) is 4.98. The fourth-order valence-corrected chi connectivity index (χ4v) is 1.79. The SMILES string of the molecule is CC(/C=N/NC(=O)CC1=NNC(=O)C1)=C\c1ccccc1. The predicted octanol–water partition coefficient (Wildman–Crippen LogP) is 1.46. The van der Waals surface area contributed by atoms with E-state index in [1.54, 1.807) is 6.21 Å². The number of hydrogen-bond donors (Lipinski definition) is 2. The van der Waals surface area contributed by atoms with Crippen molar-refractivity contribution >= 4 is 29.8 Å². The highest BCUT2D eigenvalue weighted by atomic mass is 16.2. The molecule has 1 aromatic rings. The minimum absolute atomic E-state index is 0.0670. The molecule has 6 nitrogen and oxygen atoms in total. The van der Waals surface area contributed by atoms with Gasteiger partial charge in [0, 0.05) is 0 Å². The number of hydrogen-bond acceptors (Lipinski definition) is 4. The van der Waals surface area contributed by atoms with Crippen LogP contribution in [0.3, 0.4) is 0 Å². The summed E-state index contributed by atoms with van der Waals surface area (Å²) in [4.78, 5) is 22.5. The molecule has 2 amide bonds. The zero-order valence-corrected chi connectivity index (χ0v) is 11.7. The first-order valence-corrected chi connectivity index (χ1v) is 6.53. The molecular formula is C15H16N4O2. The zero-order chi connectivity index (χ0) is 15.1. The Hall–Kier alpha value is -2.76. The van der Waals surface area contributed by atoms with Crippen molar-refractivity contribution in [3.05, 3.63) is 41.5 Å². The summed E-state index contributed by atoms with van der Waals surface area (Å²) in [6, 6.07) is 9.83. The van der Waals surface area contributed by atoms with E-state index >= 15 is 0 Å². The minimum atomic E-state index is -0.297. The molecule has 2 rings (SSSR count). The van der Waals surface area contributed by atoms with Crippen LogP contribution >= 0.6 is 0 Å². The Labute approximate surface area is 122 Å². The average molecular weight is 284 g/mol. The monoisotopic (exact) mass is 284 g/mol. The van der Waals surface area contributed by atoms with Crippen molar-refractivity contribution in [2.24, 2.45) is 10.2 Å². The molecule has 108 valence electrons. The van der Waals surface area contributed by atoms with E-state index in [-0.39, 0.29) is 24.7 Å². The Morgan fingerprint density at radius 3 is 2.86 bits per heavy atom. The zero-order valence-electron chi connectivity index (χ0n) is 11.7. The van der Waals surface area contributed by atoms with Crippen LogP contribution in [-0.4, -0.2) is 23.7 Å². The molecular weight excluding hydrogens is 268 g/mol. The molecule has 0 bridgehead atoms. The predicted molar refractivity (Wildman–Crippen MR) is 81.5 cm³/mol. The van der Waals surface area contributed by atoms with Gasteiger partial charge in [-0.3, -0.25) is 9.59 Å². The summed E-state index contributed by atoms with van der Waals surface area (Å²) < 4.78 is 0. The lowest BCUT2D eigenvalue weighted by Gasteiger charge is -1.98. The normalized spacial score (nSPS) is 15.0. The van der Waals surface area contributed by atoms with Gasteiger partial charge in [-0.25, -0.2) is 10.9 Å². The molecule has 1 aliphatic heterocycles. The molecule has 0 atom stereocenters. The van der Waals surface area contributed by atoms with Crippen molar-refractivity contribution in [3.63, 3.8) is 0 Å². The fourth-order valence-electron chi connectivity index (χ4n) is 1.79. The number of rotatable bonds is 5. The second-order valence-electron chi connectivity index (χ2n) is 4.66. The first-order chi connectivity index (χ1) is 10.1. The van der Waals surface area contributed by atoms with Crippen molar-refractivity contribution in [3.8, 4) is 0 Å². The topological polar surface area (TPSA) is 82.9 Å². The number of nitrogens with zero attached hydrogens (tertiary/aromatic N) is 2. The van der Waals surface area contributed by atoms with Crippen molar-refractivity contribution in [2.75, 3.05) is 0 Å². The van der Waals surface area contributed by atoms with Gasteiger partial charge in [0.1, 0.15) is 0 Å². The summed E-state index contributed by atoms with van der Waals surface area (Å²) in [5.41, 5.74) is 7.21. The molecule has 2 N–H and O–H groups in total. The largest absolute Gasteiger partial charge is 0.273 e. The molecule has 0 saturated heterocycles. The van der Waals surface area contributed by atoms with Gasteiger partial charge in [-0.1, -0.05) is 36.4 Å². The van der Waals surface area contributed by atoms with Crippen molar-refractivity contribution < 1.29 is 9.59 Å². The summed E-state index contributed by atoms with van der Waals surface area (Å²) >= 11 is 0. The lowest BCUT2D eigenvalue weighted by molar-refractivity contribution is -0.119. The summed E-state index contributed by atoms with van der Waals surface area (Å²) in [7, 11) is 0. The van der Waals surface area contributed by atoms with Crippen molar-refractivity contribution in [1.29, 1.82) is 0 Å². The van der Waals surface area contributed by atoms with E-state index in [2.05, 4.69) is 21.1 Å². The fraction of sp³-hybridized carbons (Fsp3) is 0.200. The molecule has 0 aromatic heterocycles. The van der Waals surface area contributed by atoms with Crippen LogP contribution in [0.25, 0.3) is 6.08 Å². The second-order valence-corrected chi connectivity index (χ2v) is 4.66. The van der Waals surface area contributed by atoms with Crippen LogP contribution < -0.4 is 10.9 Å². The molecule has 0 unspecified atom stereocenters. The van der Waals surface area contributed by atoms with E-state index in [4.69, 9.17) is 0 Å². The molecule has 0 aliphatic carbocycles. The number of amides is 2. The van der Waals surface area contributed by atoms with Gasteiger partial charge in [0.05, 0.1) is 24.8 Å². The average Bonchev–Trinajstić information content (AvgIpc) is 2.85. The van der Waals surface area contributed by atoms with E-state index in [0.717, 1.165) is 11.1 Å². The van der Waals surface area contributed by atoms with Crippen molar-refractivity contribution in [1.82, 2.24) is 10.9 Å². The van der Waals surface area contributed by atoms with Crippen LogP contribution in [0.2, 0.25) is 0 Å². The van der Waals surface area contributed by atoms with Gasteiger partial charge >= 0.3 is 0 Å². The standard InChI is InChI=1S/C15H16N4O2/c1-11(7-12-5-3-2-4-6-12)10-16-18-14(20)8-13-9-15(21)19-17-13/h2-7,10H,8-9H2,1H3,(H,18,20)(H,19,21)/b11-7+,16-10+. The molecule has 1 heterocycles. The molecule has 0 spiro atoms. The lowest BCUT2D eigenvalue weighted by Crippen LogP contribution is -2.20. The third kappa shape index (κ3) is 5.02. The smallest absolute Gasteiger partial charge is 0.245 e. The highest BCUT2D eigenvalue weighted by Crippen LogP contribution is 2.04. The van der Waals surface area contributed by atoms with E-state index < -0.39 is 0 Å². The van der Waals surface area contributed by atoms with Crippen LogP contribution in [-0.2, 0) is 9.59 Å². The van der Waals surface area contributed by atoms with Gasteiger partial charge in [-0.05, 0) is 18.1 Å². The molecule has 1 aromatic carbocycles. The molecule has 0 radical (unpaired) electrons. The van der Waals surface area contributed by atoms with Gasteiger partial charge in [-0.2, -0.15) is 10.2 Å². The first kappa shape index (κ1) is 14.6. The Morgan fingerprint density at radius 2 is 2.19 bits per heavy atom. The first-order valence-electron chi connectivity index (χ1n) is 6.53. The summed E-state index contributed by atoms with van der Waals surface area (Å²) in [5, 5.41) is 7.62. The van der Waals surface area contributed by atoms with E-state index in [9.17, 15) is 9.59 Å². The lowest BCUT2D eigenvalue weighted by atomic mass is 10.1. The molecule has 0 fully saturated rings. The van der Waals surface area contributed by atoms with Crippen LogP contribution in [0.1, 0.15) is 25.3 Å². The van der Waals surface area contributed by atoms with Crippen LogP contribution in [0.4, 0.5) is 0 Å². The number of benzene rings is 1. The maximum atomic E-state index is 11.6. The highest BCUT2D eigenvalue weighted by Gasteiger charge is 2.16. The van der Waals surface area contributed by atoms with Crippen LogP contribution in [0.15, 0.2) is 46.1 Å². The third-order valence-electron chi connectivity index (χ3n) is 2.72. The van der Waals surface area contributed by atoms with Gasteiger partial charge in [0.2, 0.25) is 11.8 Å². The van der Waals surface area contributed by atoms with Gasteiger partial charge in [-0.15, -0.1) is 0 Å². The van der Waals surface area contributed by atoms with Gasteiger partial charge in [0.25, 0.3) is 0 Å². The second kappa shape index (κ2) is 7.14. The maximum absolute atomic E-state index is 11.6. The van der Waals surface area contributed by atoms with Crippen LogP contribution in [0, 0.1) is 0 Å².